The van der Waals surface area contributed by atoms with Crippen molar-refractivity contribution >= 4 is 17.5 Å². The van der Waals surface area contributed by atoms with Crippen LogP contribution in [0.2, 0.25) is 0 Å². The Kier molecular flexibility index (Phi) is 4.85. The Hall–Kier alpha value is -1.88. The van der Waals surface area contributed by atoms with E-state index < -0.39 is 5.91 Å². The monoisotopic (exact) mass is 250 g/mol. The van der Waals surface area contributed by atoms with Gasteiger partial charge in [0.2, 0.25) is 11.8 Å². The van der Waals surface area contributed by atoms with Gasteiger partial charge in [0.05, 0.1) is 6.10 Å². The van der Waals surface area contributed by atoms with E-state index in [0.29, 0.717) is 16.8 Å². The molecule has 0 atom stereocenters. The zero-order valence-electron chi connectivity index (χ0n) is 10.8. The maximum Gasteiger partial charge on any atom is 0.250 e. The topological polar surface area (TPSA) is 81.4 Å². The first-order valence-electron chi connectivity index (χ1n) is 5.72. The molecule has 3 N–H and O–H groups in total. The molecule has 0 unspecified atom stereocenters. The van der Waals surface area contributed by atoms with E-state index in [4.69, 9.17) is 10.5 Å². The Bertz CT molecular complexity index is 456. The summed E-state index contributed by atoms with van der Waals surface area (Å²) in [7, 11) is 0. The van der Waals surface area contributed by atoms with E-state index in [0.717, 1.165) is 0 Å². The van der Waals surface area contributed by atoms with E-state index in [1.807, 2.05) is 13.8 Å². The summed E-state index contributed by atoms with van der Waals surface area (Å²) in [6.45, 7) is 5.43. The lowest BCUT2D eigenvalue weighted by atomic mass is 10.1. The van der Waals surface area contributed by atoms with Crippen molar-refractivity contribution in [2.45, 2.75) is 26.9 Å². The van der Waals surface area contributed by atoms with Gasteiger partial charge in [-0.25, -0.2) is 0 Å². The summed E-state index contributed by atoms with van der Waals surface area (Å²) < 4.78 is 5.19. The second kappa shape index (κ2) is 6.16. The van der Waals surface area contributed by atoms with Gasteiger partial charge in [0.15, 0.2) is 0 Å². The van der Waals surface area contributed by atoms with Crippen molar-refractivity contribution in [3.63, 3.8) is 0 Å². The van der Waals surface area contributed by atoms with E-state index >= 15 is 0 Å². The van der Waals surface area contributed by atoms with Crippen molar-refractivity contribution in [1.82, 2.24) is 0 Å². The Morgan fingerprint density at radius 2 is 2.06 bits per heavy atom. The average Bonchev–Trinajstić information content (AvgIpc) is 2.29. The highest BCUT2D eigenvalue weighted by molar-refractivity contribution is 5.98. The van der Waals surface area contributed by atoms with Crippen LogP contribution in [0.15, 0.2) is 18.2 Å². The predicted molar refractivity (Wildman–Crippen MR) is 69.4 cm³/mol. The van der Waals surface area contributed by atoms with Gasteiger partial charge in [-0.2, -0.15) is 0 Å². The number of nitrogens with one attached hydrogen (secondary N) is 1. The number of nitrogens with two attached hydrogens (primary N) is 1. The van der Waals surface area contributed by atoms with Crippen LogP contribution in [0, 0.1) is 6.92 Å². The third-order valence-corrected chi connectivity index (χ3v) is 2.42. The summed E-state index contributed by atoms with van der Waals surface area (Å²) in [5.74, 6) is -0.768. The van der Waals surface area contributed by atoms with Gasteiger partial charge in [0, 0.05) is 11.3 Å². The maximum absolute atomic E-state index is 11.6. The molecule has 0 spiro atoms. The second-order valence-electron chi connectivity index (χ2n) is 4.25. The standard InChI is InChI=1S/C13H18N2O3/c1-8(2)18-7-12(16)15-11-6-4-5-10(9(11)3)13(14)17/h4-6,8H,7H2,1-3H3,(H2,14,17)(H,15,16). The van der Waals surface area contributed by atoms with E-state index in [9.17, 15) is 9.59 Å². The molecular formula is C13H18N2O3. The highest BCUT2D eigenvalue weighted by atomic mass is 16.5. The molecule has 0 aliphatic heterocycles. The van der Waals surface area contributed by atoms with Crippen molar-refractivity contribution in [3.05, 3.63) is 29.3 Å². The first-order chi connectivity index (χ1) is 8.41. The Morgan fingerprint density at radius 3 is 2.61 bits per heavy atom. The van der Waals surface area contributed by atoms with Gasteiger partial charge in [-0.15, -0.1) is 0 Å². The lowest BCUT2D eigenvalue weighted by Gasteiger charge is -2.12. The highest BCUT2D eigenvalue weighted by Crippen LogP contribution is 2.18. The fourth-order valence-electron chi connectivity index (χ4n) is 1.47. The molecule has 0 bridgehead atoms. The minimum atomic E-state index is -0.512. The quantitative estimate of drug-likeness (QED) is 0.830. The molecule has 18 heavy (non-hydrogen) atoms. The van der Waals surface area contributed by atoms with Crippen LogP contribution in [0.4, 0.5) is 5.69 Å². The van der Waals surface area contributed by atoms with E-state index in [2.05, 4.69) is 5.32 Å². The van der Waals surface area contributed by atoms with Crippen LogP contribution < -0.4 is 11.1 Å². The fraction of sp³-hybridized carbons (Fsp3) is 0.385. The molecule has 1 aromatic carbocycles. The first kappa shape index (κ1) is 14.2. The molecule has 5 heteroatoms. The molecular weight excluding hydrogens is 232 g/mol. The number of ether oxygens (including phenoxy) is 1. The van der Waals surface area contributed by atoms with Crippen LogP contribution in [0.5, 0.6) is 0 Å². The number of benzene rings is 1. The molecule has 2 amide bonds. The molecule has 98 valence electrons. The third kappa shape index (κ3) is 3.85. The number of carbonyl (C=O) groups excluding carboxylic acids is 2. The Morgan fingerprint density at radius 1 is 1.39 bits per heavy atom. The Balaban J connectivity index is 2.76. The number of anilines is 1. The number of primary amides is 1. The summed E-state index contributed by atoms with van der Waals surface area (Å²) in [5.41, 5.74) is 6.87. The number of amides is 2. The summed E-state index contributed by atoms with van der Waals surface area (Å²) in [6, 6.07) is 5.01. The van der Waals surface area contributed by atoms with Crippen LogP contribution in [-0.4, -0.2) is 24.5 Å². The first-order valence-corrected chi connectivity index (χ1v) is 5.72. The number of rotatable bonds is 5. The second-order valence-corrected chi connectivity index (χ2v) is 4.25. The minimum Gasteiger partial charge on any atom is -0.369 e. The summed E-state index contributed by atoms with van der Waals surface area (Å²) in [6.07, 6.45) is -0.00574. The maximum atomic E-state index is 11.6. The molecule has 0 aliphatic rings. The van der Waals surface area contributed by atoms with Gasteiger partial charge >= 0.3 is 0 Å². The van der Waals surface area contributed by atoms with E-state index in [1.165, 1.54) is 0 Å². The van der Waals surface area contributed by atoms with Crippen LogP contribution in [0.1, 0.15) is 29.8 Å². The van der Waals surface area contributed by atoms with E-state index in [-0.39, 0.29) is 18.6 Å². The highest BCUT2D eigenvalue weighted by Gasteiger charge is 2.11. The van der Waals surface area contributed by atoms with Gasteiger partial charge in [0.25, 0.3) is 0 Å². The summed E-state index contributed by atoms with van der Waals surface area (Å²) in [4.78, 5) is 22.8. The van der Waals surface area contributed by atoms with Gasteiger partial charge in [-0.3, -0.25) is 9.59 Å². The molecule has 0 fully saturated rings. The van der Waals surface area contributed by atoms with Gasteiger partial charge < -0.3 is 15.8 Å². The molecule has 0 saturated carbocycles. The minimum absolute atomic E-state index is 0.00574. The molecule has 0 radical (unpaired) electrons. The Labute approximate surface area is 106 Å². The third-order valence-electron chi connectivity index (χ3n) is 2.42. The molecule has 0 aliphatic carbocycles. The van der Waals surface area contributed by atoms with Gasteiger partial charge in [-0.1, -0.05) is 6.07 Å². The normalized spacial score (nSPS) is 10.4. The lowest BCUT2D eigenvalue weighted by molar-refractivity contribution is -0.121. The number of hydrogen-bond donors (Lipinski definition) is 2. The SMILES string of the molecule is Cc1c(NC(=O)COC(C)C)cccc1C(N)=O. The largest absolute Gasteiger partial charge is 0.369 e. The van der Waals surface area contributed by atoms with Crippen molar-refractivity contribution < 1.29 is 14.3 Å². The molecule has 5 nitrogen and oxygen atoms in total. The van der Waals surface area contributed by atoms with Gasteiger partial charge in [-0.05, 0) is 38.5 Å². The molecule has 0 aromatic heterocycles. The number of carbonyl (C=O) groups is 2. The molecule has 1 rings (SSSR count). The summed E-state index contributed by atoms with van der Waals surface area (Å²) >= 11 is 0. The van der Waals surface area contributed by atoms with Crippen molar-refractivity contribution in [1.29, 1.82) is 0 Å². The van der Waals surface area contributed by atoms with Crippen LogP contribution in [0.25, 0.3) is 0 Å². The zero-order chi connectivity index (χ0) is 13.7. The number of hydrogen-bond acceptors (Lipinski definition) is 3. The van der Waals surface area contributed by atoms with Crippen LogP contribution in [0.3, 0.4) is 0 Å². The lowest BCUT2D eigenvalue weighted by Crippen LogP contribution is -2.22. The van der Waals surface area contributed by atoms with Gasteiger partial charge in [0.1, 0.15) is 6.61 Å². The van der Waals surface area contributed by atoms with E-state index in [1.54, 1.807) is 25.1 Å². The van der Waals surface area contributed by atoms with Crippen LogP contribution in [-0.2, 0) is 9.53 Å². The van der Waals surface area contributed by atoms with Crippen LogP contribution >= 0.6 is 0 Å². The van der Waals surface area contributed by atoms with Crippen molar-refractivity contribution in [2.24, 2.45) is 5.73 Å². The fourth-order valence-corrected chi connectivity index (χ4v) is 1.47. The molecule has 1 aromatic rings. The molecule has 0 saturated heterocycles. The average molecular weight is 250 g/mol. The van der Waals surface area contributed by atoms with Crippen molar-refractivity contribution in [3.8, 4) is 0 Å². The van der Waals surface area contributed by atoms with Crippen molar-refractivity contribution in [2.75, 3.05) is 11.9 Å². The molecule has 0 heterocycles. The predicted octanol–water partition coefficient (Wildman–Crippen LogP) is 1.46. The summed E-state index contributed by atoms with van der Waals surface area (Å²) in [5, 5.41) is 2.69. The zero-order valence-corrected chi connectivity index (χ0v) is 10.8. The smallest absolute Gasteiger partial charge is 0.250 e.